The van der Waals surface area contributed by atoms with Crippen LogP contribution in [0.2, 0.25) is 0 Å². The lowest BCUT2D eigenvalue weighted by atomic mass is 10.2. The Morgan fingerprint density at radius 3 is 2.68 bits per heavy atom. The molecule has 2 aromatic rings. The number of methoxy groups -OCH3 is 1. The number of aryl methyl sites for hydroxylation is 1. The molecule has 0 saturated carbocycles. The Labute approximate surface area is 199 Å². The van der Waals surface area contributed by atoms with Crippen molar-refractivity contribution >= 4 is 67.8 Å². The number of thioether (sulfide) groups is 1. The lowest BCUT2D eigenvalue weighted by molar-refractivity contribution is -0.122. The lowest BCUT2D eigenvalue weighted by Gasteiger charge is -2.12. The van der Waals surface area contributed by atoms with Gasteiger partial charge in [-0.05, 0) is 61.4 Å². The average molecular weight is 521 g/mol. The molecule has 1 aliphatic rings. The number of likely N-dealkylation sites (N-methyl/N-ethyl adjacent to an activating group) is 1. The second-order valence-corrected chi connectivity index (χ2v) is 9.17. The van der Waals surface area contributed by atoms with Crippen LogP contribution in [0.15, 0.2) is 45.8 Å². The molecule has 9 heteroatoms. The third-order valence-corrected chi connectivity index (χ3v) is 6.74. The Morgan fingerprint density at radius 2 is 2.03 bits per heavy atom. The predicted octanol–water partition coefficient (Wildman–Crippen LogP) is 5.00. The summed E-state index contributed by atoms with van der Waals surface area (Å²) in [6, 6.07) is 10.8. The highest BCUT2D eigenvalue weighted by Crippen LogP contribution is 2.34. The maximum atomic E-state index is 12.4. The minimum absolute atomic E-state index is 0.100. The van der Waals surface area contributed by atoms with E-state index < -0.39 is 0 Å². The highest BCUT2D eigenvalue weighted by atomic mass is 79.9. The van der Waals surface area contributed by atoms with Crippen molar-refractivity contribution in [3.05, 3.63) is 56.9 Å². The molecule has 6 nitrogen and oxygen atoms in total. The van der Waals surface area contributed by atoms with Crippen LogP contribution in [0.5, 0.6) is 11.5 Å². The number of hydrogen-bond acceptors (Lipinski definition) is 6. The number of halogens is 1. The first-order valence-corrected chi connectivity index (χ1v) is 11.5. The van der Waals surface area contributed by atoms with E-state index >= 15 is 0 Å². The van der Waals surface area contributed by atoms with E-state index in [9.17, 15) is 9.59 Å². The van der Waals surface area contributed by atoms with Crippen LogP contribution in [0.3, 0.4) is 0 Å². The fourth-order valence-corrected chi connectivity index (χ4v) is 4.51. The number of rotatable bonds is 7. The SMILES string of the molecule is CCN1C(=O)/C(=C/c2ccc(OCC(=O)Nc3ccc(Br)c(C)c3)c(OC)c2)SC1=S. The van der Waals surface area contributed by atoms with Crippen LogP contribution >= 0.6 is 39.9 Å². The van der Waals surface area contributed by atoms with Gasteiger partial charge in [0.15, 0.2) is 18.1 Å². The van der Waals surface area contributed by atoms with Crippen LogP contribution in [0, 0.1) is 6.92 Å². The summed E-state index contributed by atoms with van der Waals surface area (Å²) in [5, 5.41) is 2.80. The van der Waals surface area contributed by atoms with E-state index in [0.29, 0.717) is 33.0 Å². The van der Waals surface area contributed by atoms with Gasteiger partial charge in [-0.25, -0.2) is 0 Å². The third-order valence-electron chi connectivity index (χ3n) is 4.48. The first kappa shape index (κ1) is 23.3. The maximum Gasteiger partial charge on any atom is 0.266 e. The van der Waals surface area contributed by atoms with E-state index in [1.165, 1.54) is 18.9 Å². The summed E-state index contributed by atoms with van der Waals surface area (Å²) in [4.78, 5) is 26.8. The number of benzene rings is 2. The molecular weight excluding hydrogens is 500 g/mol. The summed E-state index contributed by atoms with van der Waals surface area (Å²) in [6.45, 7) is 4.21. The molecule has 2 aromatic carbocycles. The van der Waals surface area contributed by atoms with Crippen LogP contribution in [0.25, 0.3) is 6.08 Å². The van der Waals surface area contributed by atoms with Crippen molar-refractivity contribution in [1.29, 1.82) is 0 Å². The van der Waals surface area contributed by atoms with Crippen LogP contribution < -0.4 is 14.8 Å². The number of amides is 2. The van der Waals surface area contributed by atoms with E-state index in [2.05, 4.69) is 21.2 Å². The summed E-state index contributed by atoms with van der Waals surface area (Å²) in [5.74, 6) is 0.516. The van der Waals surface area contributed by atoms with E-state index in [1.54, 1.807) is 29.2 Å². The van der Waals surface area contributed by atoms with E-state index in [1.807, 2.05) is 32.0 Å². The minimum atomic E-state index is -0.281. The van der Waals surface area contributed by atoms with Gasteiger partial charge in [-0.1, -0.05) is 46.0 Å². The van der Waals surface area contributed by atoms with Gasteiger partial charge in [0, 0.05) is 16.7 Å². The highest BCUT2D eigenvalue weighted by Gasteiger charge is 2.30. The van der Waals surface area contributed by atoms with Crippen molar-refractivity contribution in [1.82, 2.24) is 4.90 Å². The van der Waals surface area contributed by atoms with Gasteiger partial charge in [-0.2, -0.15) is 0 Å². The highest BCUT2D eigenvalue weighted by molar-refractivity contribution is 9.10. The van der Waals surface area contributed by atoms with Crippen LogP contribution in [-0.4, -0.2) is 41.3 Å². The van der Waals surface area contributed by atoms with Crippen molar-refractivity contribution in [2.75, 3.05) is 25.6 Å². The number of anilines is 1. The molecule has 0 radical (unpaired) electrons. The molecule has 1 aliphatic heterocycles. The summed E-state index contributed by atoms with van der Waals surface area (Å²) in [5.41, 5.74) is 2.49. The number of carbonyl (C=O) groups is 2. The van der Waals surface area contributed by atoms with Gasteiger partial charge in [-0.15, -0.1) is 0 Å². The van der Waals surface area contributed by atoms with Gasteiger partial charge < -0.3 is 14.8 Å². The number of ether oxygens (including phenoxy) is 2. The van der Waals surface area contributed by atoms with Crippen molar-refractivity contribution < 1.29 is 19.1 Å². The molecule has 0 atom stereocenters. The number of hydrogen-bond donors (Lipinski definition) is 1. The van der Waals surface area contributed by atoms with E-state index in [4.69, 9.17) is 21.7 Å². The Kier molecular flexibility index (Phi) is 7.74. The normalized spacial score (nSPS) is 14.8. The van der Waals surface area contributed by atoms with Crippen molar-refractivity contribution in [3.8, 4) is 11.5 Å². The van der Waals surface area contributed by atoms with E-state index in [-0.39, 0.29) is 18.4 Å². The van der Waals surface area contributed by atoms with Crippen molar-refractivity contribution in [2.24, 2.45) is 0 Å². The summed E-state index contributed by atoms with van der Waals surface area (Å²) < 4.78 is 12.6. The fourth-order valence-electron chi connectivity index (χ4n) is 2.88. The molecule has 0 aromatic heterocycles. The molecule has 3 rings (SSSR count). The topological polar surface area (TPSA) is 67.9 Å². The quantitative estimate of drug-likeness (QED) is 0.409. The van der Waals surface area contributed by atoms with Gasteiger partial charge in [0.05, 0.1) is 12.0 Å². The van der Waals surface area contributed by atoms with Crippen molar-refractivity contribution in [3.63, 3.8) is 0 Å². The molecule has 0 unspecified atom stereocenters. The molecular formula is C22H21BrN2O4S2. The molecule has 2 amide bonds. The van der Waals surface area contributed by atoms with Crippen molar-refractivity contribution in [2.45, 2.75) is 13.8 Å². The van der Waals surface area contributed by atoms with Gasteiger partial charge in [-0.3, -0.25) is 14.5 Å². The Bertz CT molecular complexity index is 1070. The Hall–Kier alpha value is -2.36. The molecule has 0 aliphatic carbocycles. The van der Waals surface area contributed by atoms with Gasteiger partial charge in [0.2, 0.25) is 0 Å². The molecule has 162 valence electrons. The maximum absolute atomic E-state index is 12.4. The predicted molar refractivity (Wildman–Crippen MR) is 132 cm³/mol. The standard InChI is InChI=1S/C22H21BrN2O4S2/c1-4-25-21(27)19(31-22(25)30)11-14-5-8-17(18(10-14)28-3)29-12-20(26)24-15-6-7-16(23)13(2)9-15/h5-11H,4,12H2,1-3H3,(H,24,26)/b19-11-. The number of nitrogens with zero attached hydrogens (tertiary/aromatic N) is 1. The monoisotopic (exact) mass is 520 g/mol. The van der Waals surface area contributed by atoms with Gasteiger partial charge in [0.1, 0.15) is 4.32 Å². The van der Waals surface area contributed by atoms with E-state index in [0.717, 1.165) is 15.6 Å². The largest absolute Gasteiger partial charge is 0.493 e. The molecule has 1 fully saturated rings. The second kappa shape index (κ2) is 10.3. The zero-order valence-electron chi connectivity index (χ0n) is 17.2. The fraction of sp³-hybridized carbons (Fsp3) is 0.227. The molecule has 31 heavy (non-hydrogen) atoms. The molecule has 1 saturated heterocycles. The first-order valence-electron chi connectivity index (χ1n) is 9.44. The first-order chi connectivity index (χ1) is 14.8. The van der Waals surface area contributed by atoms with Crippen LogP contribution in [-0.2, 0) is 9.59 Å². The lowest BCUT2D eigenvalue weighted by Crippen LogP contribution is -2.27. The number of carbonyl (C=O) groups excluding carboxylic acids is 2. The van der Waals surface area contributed by atoms with Gasteiger partial charge in [0.25, 0.3) is 11.8 Å². The molecule has 0 spiro atoms. The summed E-state index contributed by atoms with van der Waals surface area (Å²) in [7, 11) is 1.52. The number of thiocarbonyl (C=S) groups is 1. The smallest absolute Gasteiger partial charge is 0.266 e. The molecule has 1 N–H and O–H groups in total. The van der Waals surface area contributed by atoms with Crippen LogP contribution in [0.4, 0.5) is 5.69 Å². The Morgan fingerprint density at radius 1 is 1.26 bits per heavy atom. The average Bonchev–Trinajstić information content (AvgIpc) is 3.01. The van der Waals surface area contributed by atoms with Crippen LogP contribution in [0.1, 0.15) is 18.1 Å². The van der Waals surface area contributed by atoms with Gasteiger partial charge >= 0.3 is 0 Å². The second-order valence-electron chi connectivity index (χ2n) is 6.64. The zero-order chi connectivity index (χ0) is 22.5. The Balaban J connectivity index is 1.67. The molecule has 0 bridgehead atoms. The summed E-state index contributed by atoms with van der Waals surface area (Å²) >= 11 is 9.95. The molecule has 1 heterocycles. The number of nitrogens with one attached hydrogen (secondary N) is 1. The summed E-state index contributed by atoms with van der Waals surface area (Å²) in [6.07, 6.45) is 1.77. The zero-order valence-corrected chi connectivity index (χ0v) is 20.4. The minimum Gasteiger partial charge on any atom is -0.493 e. The third kappa shape index (κ3) is 5.66.